The standard InChI is InChI=1S/C10H11BrFN/c1-7(13)2-3-8-4-5-9(11)10(12)6-8/h2-7H,13H2,1H3/b3-2+. The van der Waals surface area contributed by atoms with Crippen molar-refractivity contribution in [2.75, 3.05) is 0 Å². The second kappa shape index (κ2) is 4.53. The van der Waals surface area contributed by atoms with Crippen LogP contribution < -0.4 is 5.73 Å². The predicted molar refractivity (Wildman–Crippen MR) is 56.8 cm³/mol. The van der Waals surface area contributed by atoms with E-state index in [1.54, 1.807) is 12.1 Å². The van der Waals surface area contributed by atoms with Gasteiger partial charge in [0.05, 0.1) is 4.47 Å². The average molecular weight is 244 g/mol. The molecule has 70 valence electrons. The summed E-state index contributed by atoms with van der Waals surface area (Å²) in [5, 5.41) is 0. The number of hydrogen-bond acceptors (Lipinski definition) is 1. The minimum atomic E-state index is -0.258. The van der Waals surface area contributed by atoms with Gasteiger partial charge in [-0.2, -0.15) is 0 Å². The normalized spacial score (nSPS) is 13.5. The molecule has 0 aliphatic rings. The summed E-state index contributed by atoms with van der Waals surface area (Å²) in [5.41, 5.74) is 6.34. The summed E-state index contributed by atoms with van der Waals surface area (Å²) in [6, 6.07) is 4.96. The highest BCUT2D eigenvalue weighted by molar-refractivity contribution is 9.10. The molecule has 0 amide bonds. The highest BCUT2D eigenvalue weighted by Crippen LogP contribution is 2.17. The van der Waals surface area contributed by atoms with Crippen LogP contribution in [0.1, 0.15) is 12.5 Å². The third-order valence-electron chi connectivity index (χ3n) is 1.54. The Morgan fingerprint density at radius 3 is 2.77 bits per heavy atom. The van der Waals surface area contributed by atoms with Crippen molar-refractivity contribution < 1.29 is 4.39 Å². The van der Waals surface area contributed by atoms with Crippen molar-refractivity contribution in [3.63, 3.8) is 0 Å². The summed E-state index contributed by atoms with van der Waals surface area (Å²) in [4.78, 5) is 0. The summed E-state index contributed by atoms with van der Waals surface area (Å²) in [6.45, 7) is 1.87. The fraction of sp³-hybridized carbons (Fsp3) is 0.200. The molecule has 1 atom stereocenters. The summed E-state index contributed by atoms with van der Waals surface area (Å²) in [6.07, 6.45) is 3.63. The Morgan fingerprint density at radius 2 is 2.23 bits per heavy atom. The van der Waals surface area contributed by atoms with E-state index in [-0.39, 0.29) is 11.9 Å². The fourth-order valence-corrected chi connectivity index (χ4v) is 1.13. The van der Waals surface area contributed by atoms with Crippen LogP contribution in [0.5, 0.6) is 0 Å². The lowest BCUT2D eigenvalue weighted by molar-refractivity contribution is 0.621. The minimum Gasteiger partial charge on any atom is -0.325 e. The van der Waals surface area contributed by atoms with Crippen LogP contribution in [0.25, 0.3) is 6.08 Å². The molecule has 0 saturated heterocycles. The molecule has 0 aliphatic heterocycles. The Hall–Kier alpha value is -0.670. The summed E-state index contributed by atoms with van der Waals surface area (Å²) in [7, 11) is 0. The maximum atomic E-state index is 13.0. The van der Waals surface area contributed by atoms with E-state index in [2.05, 4.69) is 15.9 Å². The van der Waals surface area contributed by atoms with E-state index in [0.29, 0.717) is 4.47 Å². The molecule has 2 N–H and O–H groups in total. The summed E-state index contributed by atoms with van der Waals surface area (Å²) in [5.74, 6) is -0.258. The molecule has 0 bridgehead atoms. The lowest BCUT2D eigenvalue weighted by Gasteiger charge is -1.98. The number of benzene rings is 1. The van der Waals surface area contributed by atoms with Crippen molar-refractivity contribution in [1.29, 1.82) is 0 Å². The molecule has 0 aliphatic carbocycles. The van der Waals surface area contributed by atoms with Gasteiger partial charge in [-0.1, -0.05) is 18.2 Å². The van der Waals surface area contributed by atoms with Crippen LogP contribution in [0, 0.1) is 5.82 Å². The van der Waals surface area contributed by atoms with Gasteiger partial charge < -0.3 is 5.73 Å². The van der Waals surface area contributed by atoms with Crippen LogP contribution in [-0.4, -0.2) is 6.04 Å². The third kappa shape index (κ3) is 3.28. The number of rotatable bonds is 2. The SMILES string of the molecule is CC(N)/C=C/c1ccc(Br)c(F)c1. The van der Waals surface area contributed by atoms with Crippen LogP contribution >= 0.6 is 15.9 Å². The third-order valence-corrected chi connectivity index (χ3v) is 2.18. The van der Waals surface area contributed by atoms with Crippen LogP contribution in [0.2, 0.25) is 0 Å². The van der Waals surface area contributed by atoms with Crippen LogP contribution in [0.3, 0.4) is 0 Å². The van der Waals surface area contributed by atoms with Gasteiger partial charge in [0.1, 0.15) is 5.82 Å². The maximum absolute atomic E-state index is 13.0. The lowest BCUT2D eigenvalue weighted by atomic mass is 10.2. The van der Waals surface area contributed by atoms with Gasteiger partial charge in [-0.05, 0) is 40.5 Å². The van der Waals surface area contributed by atoms with Crippen LogP contribution in [-0.2, 0) is 0 Å². The molecule has 0 fully saturated rings. The molecule has 0 radical (unpaired) electrons. The second-order valence-electron chi connectivity index (χ2n) is 2.89. The molecule has 1 unspecified atom stereocenters. The maximum Gasteiger partial charge on any atom is 0.137 e. The minimum absolute atomic E-state index is 0.00768. The van der Waals surface area contributed by atoms with E-state index in [4.69, 9.17) is 5.73 Å². The Bertz CT molecular complexity index is 321. The second-order valence-corrected chi connectivity index (χ2v) is 3.75. The van der Waals surface area contributed by atoms with E-state index < -0.39 is 0 Å². The Kier molecular flexibility index (Phi) is 3.63. The molecule has 1 aromatic carbocycles. The van der Waals surface area contributed by atoms with Gasteiger partial charge in [-0.15, -0.1) is 0 Å². The van der Waals surface area contributed by atoms with Crippen molar-refractivity contribution >= 4 is 22.0 Å². The van der Waals surface area contributed by atoms with Crippen molar-refractivity contribution in [2.24, 2.45) is 5.73 Å². The van der Waals surface area contributed by atoms with Crippen LogP contribution in [0.15, 0.2) is 28.7 Å². The largest absolute Gasteiger partial charge is 0.325 e. The van der Waals surface area contributed by atoms with Gasteiger partial charge in [0.15, 0.2) is 0 Å². The molecular weight excluding hydrogens is 233 g/mol. The molecule has 1 nitrogen and oxygen atoms in total. The van der Waals surface area contributed by atoms with Gasteiger partial charge in [0, 0.05) is 6.04 Å². The van der Waals surface area contributed by atoms with Gasteiger partial charge in [0.2, 0.25) is 0 Å². The van der Waals surface area contributed by atoms with Gasteiger partial charge >= 0.3 is 0 Å². The zero-order valence-corrected chi connectivity index (χ0v) is 8.88. The zero-order valence-electron chi connectivity index (χ0n) is 7.30. The molecular formula is C10H11BrFN. The molecule has 0 saturated carbocycles. The first-order chi connectivity index (χ1) is 6.09. The highest BCUT2D eigenvalue weighted by Gasteiger charge is 1.97. The summed E-state index contributed by atoms with van der Waals surface area (Å²) < 4.78 is 13.5. The highest BCUT2D eigenvalue weighted by atomic mass is 79.9. The van der Waals surface area contributed by atoms with E-state index in [1.807, 2.05) is 19.1 Å². The lowest BCUT2D eigenvalue weighted by Crippen LogP contribution is -2.09. The van der Waals surface area contributed by atoms with Crippen molar-refractivity contribution in [1.82, 2.24) is 0 Å². The molecule has 3 heteroatoms. The zero-order chi connectivity index (χ0) is 9.84. The number of halogens is 2. The molecule has 1 rings (SSSR count). The van der Waals surface area contributed by atoms with E-state index in [1.165, 1.54) is 6.07 Å². The first-order valence-electron chi connectivity index (χ1n) is 3.98. The average Bonchev–Trinajstić information content (AvgIpc) is 2.07. The smallest absolute Gasteiger partial charge is 0.137 e. The quantitative estimate of drug-likeness (QED) is 0.850. The monoisotopic (exact) mass is 243 g/mol. The Labute approximate surface area is 85.6 Å². The molecule has 0 aromatic heterocycles. The Balaban J connectivity index is 2.85. The number of nitrogens with two attached hydrogens (primary N) is 1. The molecule has 1 aromatic rings. The van der Waals surface area contributed by atoms with Crippen molar-refractivity contribution in [2.45, 2.75) is 13.0 Å². The van der Waals surface area contributed by atoms with E-state index >= 15 is 0 Å². The number of hydrogen-bond donors (Lipinski definition) is 1. The van der Waals surface area contributed by atoms with Gasteiger partial charge in [-0.25, -0.2) is 4.39 Å². The van der Waals surface area contributed by atoms with E-state index in [9.17, 15) is 4.39 Å². The fourth-order valence-electron chi connectivity index (χ4n) is 0.879. The van der Waals surface area contributed by atoms with Crippen molar-refractivity contribution in [3.05, 3.63) is 40.1 Å². The topological polar surface area (TPSA) is 26.0 Å². The predicted octanol–water partition coefficient (Wildman–Crippen LogP) is 2.95. The van der Waals surface area contributed by atoms with Gasteiger partial charge in [0.25, 0.3) is 0 Å². The summed E-state index contributed by atoms with van der Waals surface area (Å²) >= 11 is 3.09. The Morgan fingerprint density at radius 1 is 1.54 bits per heavy atom. The van der Waals surface area contributed by atoms with Gasteiger partial charge in [-0.3, -0.25) is 0 Å². The molecule has 0 spiro atoms. The molecule has 13 heavy (non-hydrogen) atoms. The first kappa shape index (κ1) is 10.4. The van der Waals surface area contributed by atoms with E-state index in [0.717, 1.165) is 5.56 Å². The molecule has 0 heterocycles. The van der Waals surface area contributed by atoms with Crippen LogP contribution in [0.4, 0.5) is 4.39 Å². The first-order valence-corrected chi connectivity index (χ1v) is 4.78. The van der Waals surface area contributed by atoms with Crippen molar-refractivity contribution in [3.8, 4) is 0 Å².